The lowest BCUT2D eigenvalue weighted by molar-refractivity contribution is -0.133. The highest BCUT2D eigenvalue weighted by Crippen LogP contribution is 2.41. The SMILES string of the molecule is CC(C)(c1cccc(Cl)c1)[C@@H](OC(=O)N[C@@H](CC1CCCCC1)C(=O)N[C@@H](C[C@@H]1CCNCOC1)C(O)C(=O)NC1CC1)c1cccc(F)c1. The van der Waals surface area contributed by atoms with Crippen LogP contribution in [0.25, 0.3) is 0 Å². The quantitative estimate of drug-likeness (QED) is 0.170. The van der Waals surface area contributed by atoms with E-state index in [1.807, 2.05) is 19.9 Å². The van der Waals surface area contributed by atoms with E-state index in [9.17, 15) is 23.9 Å². The molecular weight excluding hydrogens is 663 g/mol. The third kappa shape index (κ3) is 10.9. The molecule has 0 radical (unpaired) electrons. The molecule has 5 N–H and O–H groups in total. The summed E-state index contributed by atoms with van der Waals surface area (Å²) in [5, 5.41) is 23.6. The van der Waals surface area contributed by atoms with Crippen LogP contribution in [0.15, 0.2) is 48.5 Å². The summed E-state index contributed by atoms with van der Waals surface area (Å²) in [6.07, 6.45) is 4.96. The van der Waals surface area contributed by atoms with Gasteiger partial charge < -0.3 is 30.5 Å². The molecule has 3 aliphatic rings. The highest BCUT2D eigenvalue weighted by molar-refractivity contribution is 6.30. The molecule has 1 aliphatic heterocycles. The van der Waals surface area contributed by atoms with Gasteiger partial charge in [-0.1, -0.05) is 81.8 Å². The zero-order chi connectivity index (χ0) is 35.7. The average molecular weight is 715 g/mol. The smallest absolute Gasteiger partial charge is 0.408 e. The first kappa shape index (κ1) is 38.0. The Morgan fingerprint density at radius 1 is 0.980 bits per heavy atom. The van der Waals surface area contributed by atoms with E-state index in [4.69, 9.17) is 21.1 Å². The van der Waals surface area contributed by atoms with Crippen LogP contribution in [0.3, 0.4) is 0 Å². The Balaban J connectivity index is 1.37. The van der Waals surface area contributed by atoms with E-state index in [0.717, 1.165) is 56.9 Å². The maximum atomic E-state index is 14.5. The standard InChI is InChI=1S/C38H52ClFN4O6/c1-38(2,27-11-7-12-28(39)21-27)34(26-10-6-13-29(40)20-26)50-37(48)44-32(18-24-8-4-3-5-9-24)35(46)43-31(19-25-16-17-41-23-49-22-25)33(45)36(47)42-30-14-15-30/h6-7,10-13,20-21,24-25,30-34,41,45H,3-5,8-9,14-19,22-23H2,1-2H3,(H,42,47)(H,43,46)(H,44,48)/t25-,31-,32-,33?,34-/m0/s1. The van der Waals surface area contributed by atoms with Crippen LogP contribution < -0.4 is 21.3 Å². The Morgan fingerprint density at radius 2 is 1.74 bits per heavy atom. The van der Waals surface area contributed by atoms with Crippen LogP contribution in [0, 0.1) is 17.7 Å². The molecule has 3 amide bonds. The van der Waals surface area contributed by atoms with Crippen molar-refractivity contribution in [1.29, 1.82) is 0 Å². The van der Waals surface area contributed by atoms with Crippen molar-refractivity contribution < 1.29 is 33.4 Å². The zero-order valence-corrected chi connectivity index (χ0v) is 29.9. The van der Waals surface area contributed by atoms with Crippen LogP contribution in [0.2, 0.25) is 5.02 Å². The second-order valence-corrected chi connectivity index (χ2v) is 15.2. The number of ether oxygens (including phenoxy) is 2. The fourth-order valence-corrected chi connectivity index (χ4v) is 7.36. The fourth-order valence-electron chi connectivity index (χ4n) is 7.16. The molecule has 2 aromatic rings. The van der Waals surface area contributed by atoms with Crippen LogP contribution in [-0.2, 0) is 24.5 Å². The van der Waals surface area contributed by atoms with Crippen molar-refractivity contribution in [2.45, 2.75) is 114 Å². The molecule has 1 unspecified atom stereocenters. The Labute approximate surface area is 299 Å². The van der Waals surface area contributed by atoms with E-state index in [1.165, 1.54) is 12.1 Å². The summed E-state index contributed by atoms with van der Waals surface area (Å²) < 4.78 is 26.3. The van der Waals surface area contributed by atoms with Crippen LogP contribution in [0.1, 0.15) is 95.3 Å². The summed E-state index contributed by atoms with van der Waals surface area (Å²) in [7, 11) is 0. The molecule has 5 rings (SSSR count). The molecule has 2 aliphatic carbocycles. The van der Waals surface area contributed by atoms with Gasteiger partial charge in [0.15, 0.2) is 6.10 Å². The van der Waals surface area contributed by atoms with Crippen molar-refractivity contribution in [3.63, 3.8) is 0 Å². The third-order valence-electron chi connectivity index (χ3n) is 10.3. The fraction of sp³-hybridized carbons (Fsp3) is 0.605. The molecule has 2 saturated carbocycles. The lowest BCUT2D eigenvalue weighted by Crippen LogP contribution is -2.56. The Bertz CT molecular complexity index is 1440. The molecule has 10 nitrogen and oxygen atoms in total. The number of benzene rings is 2. The van der Waals surface area contributed by atoms with Gasteiger partial charge in [-0.2, -0.15) is 0 Å². The number of aliphatic hydroxyl groups is 1. The molecule has 274 valence electrons. The van der Waals surface area contributed by atoms with Gasteiger partial charge in [-0.3, -0.25) is 14.9 Å². The molecule has 1 heterocycles. The maximum absolute atomic E-state index is 14.5. The number of nitrogens with one attached hydrogen (secondary N) is 4. The number of aliphatic hydroxyl groups excluding tert-OH is 1. The second kappa shape index (κ2) is 17.8. The van der Waals surface area contributed by atoms with Gasteiger partial charge >= 0.3 is 6.09 Å². The van der Waals surface area contributed by atoms with Crippen molar-refractivity contribution in [3.8, 4) is 0 Å². The van der Waals surface area contributed by atoms with Crippen LogP contribution in [0.4, 0.5) is 9.18 Å². The third-order valence-corrected chi connectivity index (χ3v) is 10.5. The van der Waals surface area contributed by atoms with Gasteiger partial charge in [-0.15, -0.1) is 0 Å². The molecule has 0 bridgehead atoms. The van der Waals surface area contributed by atoms with E-state index < -0.39 is 53.4 Å². The van der Waals surface area contributed by atoms with Crippen LogP contribution in [-0.4, -0.2) is 67.1 Å². The van der Waals surface area contributed by atoms with Gasteiger partial charge in [-0.25, -0.2) is 9.18 Å². The second-order valence-electron chi connectivity index (χ2n) is 14.8. The highest BCUT2D eigenvalue weighted by atomic mass is 35.5. The molecule has 12 heteroatoms. The Kier molecular flexibility index (Phi) is 13.5. The Morgan fingerprint density at radius 3 is 2.46 bits per heavy atom. The molecule has 0 spiro atoms. The molecule has 0 aromatic heterocycles. The number of rotatable bonds is 14. The first-order valence-electron chi connectivity index (χ1n) is 18.1. The van der Waals surface area contributed by atoms with E-state index in [1.54, 1.807) is 30.3 Å². The number of carbonyl (C=O) groups excluding carboxylic acids is 3. The Hall–Kier alpha value is -3.25. The zero-order valence-electron chi connectivity index (χ0n) is 29.1. The predicted octanol–water partition coefficient (Wildman–Crippen LogP) is 5.66. The number of carbonyl (C=O) groups is 3. The number of hydrogen-bond donors (Lipinski definition) is 5. The molecule has 3 fully saturated rings. The van der Waals surface area contributed by atoms with Gasteiger partial charge in [0.2, 0.25) is 5.91 Å². The lowest BCUT2D eigenvalue weighted by atomic mass is 9.76. The van der Waals surface area contributed by atoms with Gasteiger partial charge in [-0.05, 0) is 85.9 Å². The number of alkyl carbamates (subject to hydrolysis) is 1. The van der Waals surface area contributed by atoms with Gasteiger partial charge in [0.05, 0.1) is 19.4 Å². The molecule has 1 saturated heterocycles. The normalized spacial score (nSPS) is 21.2. The summed E-state index contributed by atoms with van der Waals surface area (Å²) in [6.45, 7) is 5.33. The molecule has 5 atom stereocenters. The first-order chi connectivity index (χ1) is 24.0. The maximum Gasteiger partial charge on any atom is 0.408 e. The first-order valence-corrected chi connectivity index (χ1v) is 18.4. The van der Waals surface area contributed by atoms with Crippen molar-refractivity contribution in [2.75, 3.05) is 19.9 Å². The lowest BCUT2D eigenvalue weighted by Gasteiger charge is -2.35. The number of amides is 3. The predicted molar refractivity (Wildman–Crippen MR) is 189 cm³/mol. The summed E-state index contributed by atoms with van der Waals surface area (Å²) in [6, 6.07) is 11.3. The van der Waals surface area contributed by atoms with E-state index in [-0.39, 0.29) is 17.9 Å². The number of halogens is 2. The summed E-state index contributed by atoms with van der Waals surface area (Å²) >= 11 is 6.33. The molecule has 2 aromatic carbocycles. The van der Waals surface area contributed by atoms with Crippen molar-refractivity contribution >= 4 is 29.5 Å². The minimum Gasteiger partial charge on any atom is -0.440 e. The summed E-state index contributed by atoms with van der Waals surface area (Å²) in [4.78, 5) is 41.0. The summed E-state index contributed by atoms with van der Waals surface area (Å²) in [5.74, 6) is -1.31. The van der Waals surface area contributed by atoms with Crippen molar-refractivity contribution in [2.24, 2.45) is 11.8 Å². The molecule has 50 heavy (non-hydrogen) atoms. The largest absolute Gasteiger partial charge is 0.440 e. The monoisotopic (exact) mass is 714 g/mol. The minimum atomic E-state index is -1.48. The van der Waals surface area contributed by atoms with Crippen LogP contribution in [0.5, 0.6) is 0 Å². The van der Waals surface area contributed by atoms with E-state index in [0.29, 0.717) is 43.3 Å². The van der Waals surface area contributed by atoms with Crippen molar-refractivity contribution in [1.82, 2.24) is 21.3 Å². The van der Waals surface area contributed by atoms with Crippen LogP contribution >= 0.6 is 11.6 Å². The number of hydrogen-bond acceptors (Lipinski definition) is 7. The van der Waals surface area contributed by atoms with E-state index in [2.05, 4.69) is 21.3 Å². The van der Waals surface area contributed by atoms with E-state index >= 15 is 0 Å². The molecular formula is C38H52ClFN4O6. The van der Waals surface area contributed by atoms with Gasteiger partial charge in [0, 0.05) is 16.5 Å². The summed E-state index contributed by atoms with van der Waals surface area (Å²) in [5.41, 5.74) is 0.377. The van der Waals surface area contributed by atoms with Gasteiger partial charge in [0.25, 0.3) is 5.91 Å². The topological polar surface area (TPSA) is 138 Å². The minimum absolute atomic E-state index is 0.00542. The van der Waals surface area contributed by atoms with Crippen molar-refractivity contribution in [3.05, 3.63) is 70.5 Å². The highest BCUT2D eigenvalue weighted by Gasteiger charge is 2.39. The van der Waals surface area contributed by atoms with Gasteiger partial charge in [0.1, 0.15) is 18.0 Å². The average Bonchev–Trinajstić information content (AvgIpc) is 3.94.